The monoisotopic (exact) mass is 413 g/mol. The predicted octanol–water partition coefficient (Wildman–Crippen LogP) is 3.55. The van der Waals surface area contributed by atoms with Crippen LogP contribution in [0.2, 0.25) is 0 Å². The summed E-state index contributed by atoms with van der Waals surface area (Å²) in [6.07, 6.45) is -1.75. The Balaban J connectivity index is 1.62. The second-order valence-corrected chi connectivity index (χ2v) is 8.52. The van der Waals surface area contributed by atoms with E-state index in [4.69, 9.17) is 0 Å². The van der Waals surface area contributed by atoms with Gasteiger partial charge in [-0.05, 0) is 61.3 Å². The van der Waals surface area contributed by atoms with Crippen molar-refractivity contribution in [1.29, 1.82) is 0 Å². The van der Waals surface area contributed by atoms with Gasteiger partial charge in [0.05, 0.1) is 6.04 Å². The maximum absolute atomic E-state index is 12.3. The Bertz CT molecular complexity index is 693. The van der Waals surface area contributed by atoms with Gasteiger partial charge in [0.1, 0.15) is 5.75 Å². The van der Waals surface area contributed by atoms with E-state index in [1.165, 1.54) is 12.1 Å². The third kappa shape index (κ3) is 5.56. The molecule has 162 valence electrons. The number of nitrogens with zero attached hydrogens (tertiary/aromatic N) is 1. The van der Waals surface area contributed by atoms with Gasteiger partial charge in [0.2, 0.25) is 5.91 Å². The molecule has 1 aromatic carbocycles. The molecular weight excluding hydrogens is 383 g/mol. The number of amides is 1. The van der Waals surface area contributed by atoms with Crippen molar-refractivity contribution in [2.75, 3.05) is 25.0 Å². The predicted molar refractivity (Wildman–Crippen MR) is 106 cm³/mol. The fourth-order valence-electron chi connectivity index (χ4n) is 4.70. The molecule has 0 spiro atoms. The first-order chi connectivity index (χ1) is 13.7. The molecule has 8 heteroatoms. The summed E-state index contributed by atoms with van der Waals surface area (Å²) in [5, 5.41) is 6.35. The van der Waals surface area contributed by atoms with Crippen LogP contribution in [0.15, 0.2) is 24.3 Å². The van der Waals surface area contributed by atoms with E-state index in [0.717, 1.165) is 38.0 Å². The standard InChI is InChI=1S/C21H30F3N3O2/c1-13(2)10-19(20(28)25-3)26-18-9-4-14-11-27(12-17(14)18)15-5-7-16(8-6-15)29-21(22,23)24/h5-8,13-14,17-19,26H,4,9-12H2,1-3H3,(H,25,28)/t14-,17+,18+,19-/m0/s1. The number of hydrogen-bond acceptors (Lipinski definition) is 4. The van der Waals surface area contributed by atoms with E-state index in [9.17, 15) is 18.0 Å². The van der Waals surface area contributed by atoms with Gasteiger partial charge in [-0.1, -0.05) is 13.8 Å². The van der Waals surface area contributed by atoms with Crippen molar-refractivity contribution in [3.8, 4) is 5.75 Å². The molecule has 0 bridgehead atoms. The average molecular weight is 413 g/mol. The van der Waals surface area contributed by atoms with Crippen LogP contribution in [0.1, 0.15) is 33.1 Å². The van der Waals surface area contributed by atoms with Crippen LogP contribution in [0.25, 0.3) is 0 Å². The lowest BCUT2D eigenvalue weighted by Gasteiger charge is -2.28. The Labute approximate surface area is 170 Å². The topological polar surface area (TPSA) is 53.6 Å². The normalized spacial score (nSPS) is 25.2. The van der Waals surface area contributed by atoms with Crippen LogP contribution in [-0.4, -0.2) is 44.5 Å². The van der Waals surface area contributed by atoms with Crippen molar-refractivity contribution < 1.29 is 22.7 Å². The highest BCUT2D eigenvalue weighted by Crippen LogP contribution is 2.40. The molecular formula is C21H30F3N3O2. The van der Waals surface area contributed by atoms with E-state index >= 15 is 0 Å². The van der Waals surface area contributed by atoms with Crippen LogP contribution >= 0.6 is 0 Å². The molecule has 0 radical (unpaired) electrons. The van der Waals surface area contributed by atoms with Crippen molar-refractivity contribution in [1.82, 2.24) is 10.6 Å². The molecule has 2 N–H and O–H groups in total. The fraction of sp³-hybridized carbons (Fsp3) is 0.667. The molecule has 1 heterocycles. The van der Waals surface area contributed by atoms with Gasteiger partial charge in [-0.15, -0.1) is 13.2 Å². The maximum atomic E-state index is 12.3. The summed E-state index contributed by atoms with van der Waals surface area (Å²) in [6, 6.07) is 6.15. The zero-order valence-corrected chi connectivity index (χ0v) is 17.1. The molecule has 4 atom stereocenters. The number of carbonyl (C=O) groups excluding carboxylic acids is 1. The molecule has 3 rings (SSSR count). The zero-order valence-electron chi connectivity index (χ0n) is 17.1. The molecule has 1 aliphatic carbocycles. The molecule has 1 saturated heterocycles. The van der Waals surface area contributed by atoms with Crippen LogP contribution in [0.5, 0.6) is 5.75 Å². The van der Waals surface area contributed by atoms with Gasteiger partial charge in [0.15, 0.2) is 0 Å². The Morgan fingerprint density at radius 3 is 2.48 bits per heavy atom. The van der Waals surface area contributed by atoms with E-state index in [0.29, 0.717) is 17.8 Å². The molecule has 1 aromatic rings. The minimum atomic E-state index is -4.68. The average Bonchev–Trinajstić information content (AvgIpc) is 3.21. The number of rotatable bonds is 7. The summed E-state index contributed by atoms with van der Waals surface area (Å²) in [6.45, 7) is 5.94. The number of benzene rings is 1. The zero-order chi connectivity index (χ0) is 21.2. The Morgan fingerprint density at radius 1 is 1.21 bits per heavy atom. The van der Waals surface area contributed by atoms with Crippen molar-refractivity contribution in [2.45, 2.75) is 51.6 Å². The number of alkyl halides is 3. The molecule has 0 unspecified atom stereocenters. The highest BCUT2D eigenvalue weighted by Gasteiger charge is 2.43. The first-order valence-electron chi connectivity index (χ1n) is 10.2. The van der Waals surface area contributed by atoms with E-state index in [1.807, 2.05) is 0 Å². The number of likely N-dealkylation sites (N-methyl/N-ethyl adjacent to an activating group) is 1. The van der Waals surface area contributed by atoms with Crippen molar-refractivity contribution >= 4 is 11.6 Å². The molecule has 29 heavy (non-hydrogen) atoms. The lowest BCUT2D eigenvalue weighted by atomic mass is 9.95. The number of carbonyl (C=O) groups is 1. The van der Waals surface area contributed by atoms with Crippen molar-refractivity contribution in [3.05, 3.63) is 24.3 Å². The molecule has 0 aromatic heterocycles. The molecule has 5 nitrogen and oxygen atoms in total. The molecule has 2 fully saturated rings. The molecule has 1 amide bonds. The van der Waals surface area contributed by atoms with Gasteiger partial charge in [0.25, 0.3) is 0 Å². The van der Waals surface area contributed by atoms with Gasteiger partial charge < -0.3 is 20.3 Å². The summed E-state index contributed by atoms with van der Waals surface area (Å²) >= 11 is 0. The number of fused-ring (bicyclic) bond motifs is 1. The summed E-state index contributed by atoms with van der Waals surface area (Å²) < 4.78 is 41.0. The third-order valence-electron chi connectivity index (χ3n) is 5.98. The first-order valence-corrected chi connectivity index (χ1v) is 10.2. The maximum Gasteiger partial charge on any atom is 0.573 e. The van der Waals surface area contributed by atoms with Crippen LogP contribution in [0.4, 0.5) is 18.9 Å². The smallest absolute Gasteiger partial charge is 0.406 e. The third-order valence-corrected chi connectivity index (χ3v) is 5.98. The minimum absolute atomic E-state index is 0.0252. The summed E-state index contributed by atoms with van der Waals surface area (Å²) in [5.41, 5.74) is 0.901. The van der Waals surface area contributed by atoms with E-state index < -0.39 is 6.36 Å². The highest BCUT2D eigenvalue weighted by atomic mass is 19.4. The van der Waals surface area contributed by atoms with Crippen LogP contribution in [-0.2, 0) is 4.79 Å². The summed E-state index contributed by atoms with van der Waals surface area (Å²) in [5.74, 6) is 1.20. The van der Waals surface area contributed by atoms with E-state index in [-0.39, 0.29) is 23.7 Å². The highest BCUT2D eigenvalue weighted by molar-refractivity contribution is 5.81. The Kier molecular flexibility index (Phi) is 6.61. The lowest BCUT2D eigenvalue weighted by molar-refractivity contribution is -0.274. The van der Waals surface area contributed by atoms with Gasteiger partial charge in [-0.2, -0.15) is 0 Å². The van der Waals surface area contributed by atoms with Crippen molar-refractivity contribution in [3.63, 3.8) is 0 Å². The van der Waals surface area contributed by atoms with Gasteiger partial charge in [-0.25, -0.2) is 0 Å². The minimum Gasteiger partial charge on any atom is -0.406 e. The quantitative estimate of drug-likeness (QED) is 0.718. The second-order valence-electron chi connectivity index (χ2n) is 8.52. The molecule has 2 aliphatic rings. The Morgan fingerprint density at radius 2 is 1.90 bits per heavy atom. The SMILES string of the molecule is CNC(=O)[C@H](CC(C)C)N[C@@H]1CC[C@H]2CN(c3ccc(OC(F)(F)F)cc3)C[C@H]21. The number of halogens is 3. The largest absolute Gasteiger partial charge is 0.573 e. The summed E-state index contributed by atoms with van der Waals surface area (Å²) in [7, 11) is 1.66. The number of nitrogens with one attached hydrogen (secondary N) is 2. The number of hydrogen-bond donors (Lipinski definition) is 2. The van der Waals surface area contributed by atoms with Gasteiger partial charge >= 0.3 is 6.36 Å². The van der Waals surface area contributed by atoms with Crippen LogP contribution in [0.3, 0.4) is 0 Å². The lowest BCUT2D eigenvalue weighted by Crippen LogP contribution is -2.50. The van der Waals surface area contributed by atoms with Crippen LogP contribution in [0, 0.1) is 17.8 Å². The summed E-state index contributed by atoms with van der Waals surface area (Å²) in [4.78, 5) is 14.5. The van der Waals surface area contributed by atoms with E-state index in [1.54, 1.807) is 19.2 Å². The molecule has 1 saturated carbocycles. The van der Waals surface area contributed by atoms with Gasteiger partial charge in [-0.3, -0.25) is 4.79 Å². The first kappa shape index (κ1) is 21.7. The van der Waals surface area contributed by atoms with E-state index in [2.05, 4.69) is 34.1 Å². The van der Waals surface area contributed by atoms with Crippen molar-refractivity contribution in [2.24, 2.45) is 17.8 Å². The number of anilines is 1. The Hall–Kier alpha value is -1.96. The fourth-order valence-corrected chi connectivity index (χ4v) is 4.70. The number of ether oxygens (including phenoxy) is 1. The van der Waals surface area contributed by atoms with Gasteiger partial charge in [0, 0.05) is 31.9 Å². The second kappa shape index (κ2) is 8.81. The molecule has 1 aliphatic heterocycles. The van der Waals surface area contributed by atoms with Crippen LogP contribution < -0.4 is 20.3 Å².